The molecule has 136 valence electrons. The van der Waals surface area contributed by atoms with Gasteiger partial charge in [-0.2, -0.15) is 0 Å². The highest BCUT2D eigenvalue weighted by molar-refractivity contribution is 5.77. The quantitative estimate of drug-likeness (QED) is 0.832. The van der Waals surface area contributed by atoms with Gasteiger partial charge in [0.25, 0.3) is 5.56 Å². The number of fused-ring (bicyclic) bond motifs is 1. The van der Waals surface area contributed by atoms with Crippen molar-refractivity contribution in [3.63, 3.8) is 0 Å². The monoisotopic (exact) mass is 352 g/mol. The largest absolute Gasteiger partial charge is 0.341 e. The third-order valence-electron chi connectivity index (χ3n) is 5.35. The summed E-state index contributed by atoms with van der Waals surface area (Å²) < 4.78 is 0. The lowest BCUT2D eigenvalue weighted by Crippen LogP contribution is -2.37. The van der Waals surface area contributed by atoms with Crippen molar-refractivity contribution in [2.24, 2.45) is 0 Å². The topological polar surface area (TPSA) is 69.3 Å². The van der Waals surface area contributed by atoms with Crippen LogP contribution in [0, 0.1) is 0 Å². The van der Waals surface area contributed by atoms with Crippen molar-refractivity contribution in [2.45, 2.75) is 31.7 Å². The maximum atomic E-state index is 12.5. The van der Waals surface area contributed by atoms with Crippen LogP contribution in [-0.4, -0.2) is 57.9 Å². The molecule has 0 saturated carbocycles. The van der Waals surface area contributed by atoms with Crippen LogP contribution in [0.4, 0.5) is 0 Å². The number of likely N-dealkylation sites (tertiary alicyclic amines) is 1. The fourth-order valence-corrected chi connectivity index (χ4v) is 3.88. The van der Waals surface area contributed by atoms with Crippen molar-refractivity contribution < 1.29 is 4.79 Å². The van der Waals surface area contributed by atoms with Gasteiger partial charge < -0.3 is 9.88 Å². The van der Waals surface area contributed by atoms with E-state index in [1.165, 1.54) is 0 Å². The average Bonchev–Trinajstić information content (AvgIpc) is 3.33. The highest BCUT2D eigenvalue weighted by Gasteiger charge is 2.30. The van der Waals surface area contributed by atoms with Crippen LogP contribution in [0.15, 0.2) is 41.2 Å². The molecular weight excluding hydrogens is 328 g/mol. The molecule has 2 aromatic rings. The number of aromatic nitrogens is 2. The maximum Gasteiger partial charge on any atom is 0.258 e. The second-order valence-electron chi connectivity index (χ2n) is 7.09. The van der Waals surface area contributed by atoms with E-state index in [1.807, 2.05) is 23.1 Å². The van der Waals surface area contributed by atoms with Crippen LogP contribution in [0.5, 0.6) is 0 Å². The van der Waals surface area contributed by atoms with Crippen LogP contribution in [0.25, 0.3) is 10.9 Å². The number of aryl methyl sites for hydroxylation is 1. The predicted octanol–water partition coefficient (Wildman–Crippen LogP) is 1.72. The van der Waals surface area contributed by atoms with Gasteiger partial charge in [0.15, 0.2) is 0 Å². The standard InChI is InChI=1S/C20H24N4O2/c25-19(24-13-10-15(14-24)23-11-3-4-12-23)9-5-8-18-21-17-7-2-1-6-16(17)20(26)22-18/h1-4,6-7,15H,5,8-14H2,(H,21,22,26). The minimum atomic E-state index is -0.112. The second-order valence-corrected chi connectivity index (χ2v) is 7.09. The summed E-state index contributed by atoms with van der Waals surface area (Å²) in [6.45, 7) is 3.71. The number of carbonyl (C=O) groups excluding carboxylic acids is 1. The van der Waals surface area contributed by atoms with Crippen molar-refractivity contribution in [3.05, 3.63) is 52.6 Å². The number of rotatable bonds is 5. The van der Waals surface area contributed by atoms with E-state index in [9.17, 15) is 9.59 Å². The minimum Gasteiger partial charge on any atom is -0.341 e. The Morgan fingerprint density at radius 3 is 2.88 bits per heavy atom. The number of hydrogen-bond acceptors (Lipinski definition) is 4. The fourth-order valence-electron chi connectivity index (χ4n) is 3.88. The van der Waals surface area contributed by atoms with Crippen LogP contribution in [-0.2, 0) is 11.2 Å². The maximum absolute atomic E-state index is 12.5. The molecule has 0 aliphatic carbocycles. The molecule has 0 spiro atoms. The Hall–Kier alpha value is -2.47. The van der Waals surface area contributed by atoms with Crippen LogP contribution < -0.4 is 5.56 Å². The van der Waals surface area contributed by atoms with Crippen molar-refractivity contribution in [3.8, 4) is 0 Å². The van der Waals surface area contributed by atoms with Gasteiger partial charge in [0.05, 0.1) is 10.9 Å². The number of H-pyrrole nitrogens is 1. The van der Waals surface area contributed by atoms with Gasteiger partial charge in [-0.25, -0.2) is 4.98 Å². The molecule has 1 aromatic heterocycles. The SMILES string of the molecule is O=C(CCCc1nc2ccccc2c(=O)[nH]1)N1CCC(N2CC=CC2)C1. The lowest BCUT2D eigenvalue weighted by atomic mass is 10.2. The number of benzene rings is 1. The van der Waals surface area contributed by atoms with E-state index in [4.69, 9.17) is 0 Å². The van der Waals surface area contributed by atoms with Gasteiger partial charge in [-0.15, -0.1) is 0 Å². The first-order valence-electron chi connectivity index (χ1n) is 9.35. The molecule has 26 heavy (non-hydrogen) atoms. The van der Waals surface area contributed by atoms with E-state index in [1.54, 1.807) is 6.07 Å². The summed E-state index contributed by atoms with van der Waals surface area (Å²) in [5.41, 5.74) is 0.595. The summed E-state index contributed by atoms with van der Waals surface area (Å²) in [7, 11) is 0. The third kappa shape index (κ3) is 3.55. The number of amides is 1. The third-order valence-corrected chi connectivity index (χ3v) is 5.35. The lowest BCUT2D eigenvalue weighted by molar-refractivity contribution is -0.130. The summed E-state index contributed by atoms with van der Waals surface area (Å²) in [4.78, 5) is 36.3. The van der Waals surface area contributed by atoms with E-state index < -0.39 is 0 Å². The Balaban J connectivity index is 1.29. The van der Waals surface area contributed by atoms with E-state index >= 15 is 0 Å². The molecule has 2 aliphatic rings. The number of carbonyl (C=O) groups is 1. The smallest absolute Gasteiger partial charge is 0.258 e. The molecule has 1 fully saturated rings. The number of aromatic amines is 1. The van der Waals surface area contributed by atoms with Gasteiger partial charge in [0, 0.05) is 45.1 Å². The molecule has 2 aliphatic heterocycles. The highest BCUT2D eigenvalue weighted by Crippen LogP contribution is 2.19. The van der Waals surface area contributed by atoms with E-state index in [2.05, 4.69) is 27.0 Å². The van der Waals surface area contributed by atoms with Gasteiger partial charge in [0.1, 0.15) is 5.82 Å². The number of nitrogens with zero attached hydrogens (tertiary/aromatic N) is 3. The second kappa shape index (κ2) is 7.41. The van der Waals surface area contributed by atoms with Crippen LogP contribution in [0.1, 0.15) is 25.1 Å². The number of nitrogens with one attached hydrogen (secondary N) is 1. The molecule has 6 heteroatoms. The predicted molar refractivity (Wildman–Crippen MR) is 101 cm³/mol. The zero-order chi connectivity index (χ0) is 17.9. The average molecular weight is 352 g/mol. The zero-order valence-electron chi connectivity index (χ0n) is 14.9. The van der Waals surface area contributed by atoms with Crippen molar-refractivity contribution in [1.29, 1.82) is 0 Å². The Morgan fingerprint density at radius 1 is 1.23 bits per heavy atom. The van der Waals surface area contributed by atoms with Crippen LogP contribution >= 0.6 is 0 Å². The van der Waals surface area contributed by atoms with Crippen molar-refractivity contribution in [1.82, 2.24) is 19.8 Å². The van der Waals surface area contributed by atoms with Gasteiger partial charge in [-0.05, 0) is 25.0 Å². The normalized spacial score (nSPS) is 20.3. The first-order chi connectivity index (χ1) is 12.7. The summed E-state index contributed by atoms with van der Waals surface area (Å²) in [6.07, 6.45) is 7.27. The Labute approximate surface area is 152 Å². The van der Waals surface area contributed by atoms with E-state index in [-0.39, 0.29) is 11.5 Å². The molecular formula is C20H24N4O2. The molecule has 6 nitrogen and oxygen atoms in total. The lowest BCUT2D eigenvalue weighted by Gasteiger charge is -2.23. The van der Waals surface area contributed by atoms with Crippen molar-refractivity contribution in [2.75, 3.05) is 26.2 Å². The van der Waals surface area contributed by atoms with E-state index in [0.717, 1.165) is 32.6 Å². The summed E-state index contributed by atoms with van der Waals surface area (Å²) in [5, 5.41) is 0.604. The Morgan fingerprint density at radius 2 is 2.04 bits per heavy atom. The molecule has 0 bridgehead atoms. The Bertz CT molecular complexity index is 881. The summed E-state index contributed by atoms with van der Waals surface area (Å²) in [6, 6.07) is 7.82. The highest BCUT2D eigenvalue weighted by atomic mass is 16.2. The molecule has 4 rings (SSSR count). The first-order valence-corrected chi connectivity index (χ1v) is 9.35. The summed E-state index contributed by atoms with van der Waals surface area (Å²) >= 11 is 0. The molecule has 1 atom stereocenters. The molecule has 1 unspecified atom stereocenters. The Kier molecular flexibility index (Phi) is 4.84. The molecule has 3 heterocycles. The molecule has 1 N–H and O–H groups in total. The van der Waals surface area contributed by atoms with Crippen molar-refractivity contribution >= 4 is 16.8 Å². The molecule has 1 saturated heterocycles. The van der Waals surface area contributed by atoms with E-state index in [0.29, 0.717) is 42.0 Å². The minimum absolute atomic E-state index is 0.112. The molecule has 0 radical (unpaired) electrons. The number of hydrogen-bond donors (Lipinski definition) is 1. The van der Waals surface area contributed by atoms with Crippen LogP contribution in [0.3, 0.4) is 0 Å². The van der Waals surface area contributed by atoms with Crippen LogP contribution in [0.2, 0.25) is 0 Å². The van der Waals surface area contributed by atoms with Gasteiger partial charge >= 0.3 is 0 Å². The number of para-hydroxylation sites is 1. The summed E-state index contributed by atoms with van der Waals surface area (Å²) in [5.74, 6) is 0.867. The first kappa shape index (κ1) is 17.0. The molecule has 1 aromatic carbocycles. The van der Waals surface area contributed by atoms with Gasteiger partial charge in [-0.3, -0.25) is 14.5 Å². The molecule has 1 amide bonds. The van der Waals surface area contributed by atoms with Gasteiger partial charge in [-0.1, -0.05) is 24.3 Å². The van der Waals surface area contributed by atoms with Gasteiger partial charge in [0.2, 0.25) is 5.91 Å². The fraction of sp³-hybridized carbons (Fsp3) is 0.450. The zero-order valence-corrected chi connectivity index (χ0v) is 14.9.